The van der Waals surface area contributed by atoms with Crippen LogP contribution in [0.5, 0.6) is 0 Å². The Morgan fingerprint density at radius 1 is 0.529 bits per heavy atom. The predicted molar refractivity (Wildman–Crippen MR) is 148 cm³/mol. The Balaban J connectivity index is 1.89. The van der Waals surface area contributed by atoms with Crippen molar-refractivity contribution in [2.45, 2.75) is 79.1 Å². The number of nitrogens with zero attached hydrogens (tertiary/aromatic N) is 3. The lowest BCUT2D eigenvalue weighted by Crippen LogP contribution is -1.96. The molecule has 0 aliphatic rings. The Morgan fingerprint density at radius 3 is 1.18 bits per heavy atom. The van der Waals surface area contributed by atoms with Crippen molar-refractivity contribution >= 4 is 23.8 Å². The minimum atomic E-state index is 0.855. The van der Waals surface area contributed by atoms with E-state index < -0.39 is 0 Å². The minimum absolute atomic E-state index is 0.855. The van der Waals surface area contributed by atoms with Gasteiger partial charge >= 0.3 is 0 Å². The molecule has 0 bridgehead atoms. The number of benzene rings is 2. The van der Waals surface area contributed by atoms with Crippen molar-refractivity contribution < 1.29 is 0 Å². The van der Waals surface area contributed by atoms with Crippen LogP contribution in [0.25, 0.3) is 0 Å². The van der Waals surface area contributed by atoms with Gasteiger partial charge in [0.2, 0.25) is 0 Å². The van der Waals surface area contributed by atoms with Crippen LogP contribution >= 0.6 is 0 Å². The van der Waals surface area contributed by atoms with E-state index in [0.29, 0.717) is 0 Å². The monoisotopic (exact) mass is 453 g/mol. The molecular formula is C31H39N3. The summed E-state index contributed by atoms with van der Waals surface area (Å²) in [6.07, 6.45) is 12.4. The van der Waals surface area contributed by atoms with Crippen LogP contribution in [-0.2, 0) is 25.7 Å². The number of para-hydroxylation sites is 2. The van der Waals surface area contributed by atoms with E-state index in [0.717, 1.165) is 74.1 Å². The molecule has 3 aromatic rings. The molecule has 0 spiro atoms. The first-order valence-corrected chi connectivity index (χ1v) is 13.0. The SMILES string of the molecule is CCCc1cccc(CCC)c1N=Cc1cccc(C=Nc2c(CCC)cccc2CCC)n1. The van der Waals surface area contributed by atoms with E-state index in [9.17, 15) is 0 Å². The zero-order chi connectivity index (χ0) is 24.2. The first kappa shape index (κ1) is 25.6. The first-order valence-electron chi connectivity index (χ1n) is 13.0. The van der Waals surface area contributed by atoms with E-state index in [1.807, 2.05) is 30.6 Å². The van der Waals surface area contributed by atoms with Crippen molar-refractivity contribution in [3.8, 4) is 0 Å². The highest BCUT2D eigenvalue weighted by molar-refractivity contribution is 5.85. The fraction of sp³-hybridized carbons (Fsp3) is 0.387. The Labute approximate surface area is 206 Å². The van der Waals surface area contributed by atoms with E-state index in [1.54, 1.807) is 0 Å². The molecule has 0 aliphatic carbocycles. The quantitative estimate of drug-likeness (QED) is 0.254. The normalized spacial score (nSPS) is 11.6. The van der Waals surface area contributed by atoms with Crippen molar-refractivity contribution in [3.63, 3.8) is 0 Å². The molecule has 0 aliphatic heterocycles. The van der Waals surface area contributed by atoms with Gasteiger partial charge in [0.25, 0.3) is 0 Å². The van der Waals surface area contributed by atoms with E-state index in [2.05, 4.69) is 64.1 Å². The molecule has 0 fully saturated rings. The predicted octanol–water partition coefficient (Wildman–Crippen LogP) is 8.39. The second-order valence-corrected chi connectivity index (χ2v) is 8.85. The third kappa shape index (κ3) is 6.96. The molecule has 0 saturated heterocycles. The third-order valence-corrected chi connectivity index (χ3v) is 5.93. The Kier molecular flexibility index (Phi) is 10.2. The molecule has 3 rings (SSSR count). The molecule has 0 atom stereocenters. The van der Waals surface area contributed by atoms with Crippen molar-refractivity contribution in [1.29, 1.82) is 0 Å². The van der Waals surface area contributed by atoms with Gasteiger partial charge in [-0.05, 0) is 60.1 Å². The van der Waals surface area contributed by atoms with Gasteiger partial charge in [-0.15, -0.1) is 0 Å². The van der Waals surface area contributed by atoms with Gasteiger partial charge in [-0.3, -0.25) is 9.98 Å². The fourth-order valence-corrected chi connectivity index (χ4v) is 4.38. The van der Waals surface area contributed by atoms with Gasteiger partial charge in [0, 0.05) is 0 Å². The second-order valence-electron chi connectivity index (χ2n) is 8.85. The van der Waals surface area contributed by atoms with Gasteiger partial charge in [-0.25, -0.2) is 4.98 Å². The van der Waals surface area contributed by atoms with Crippen LogP contribution in [0.3, 0.4) is 0 Å². The zero-order valence-electron chi connectivity index (χ0n) is 21.3. The topological polar surface area (TPSA) is 37.6 Å². The number of aryl methyl sites for hydroxylation is 4. The summed E-state index contributed by atoms with van der Waals surface area (Å²) in [5, 5.41) is 0. The Hall–Kier alpha value is -3.07. The minimum Gasteiger partial charge on any atom is -0.254 e. The number of pyridine rings is 1. The molecule has 1 heterocycles. The van der Waals surface area contributed by atoms with Gasteiger partial charge in [-0.1, -0.05) is 95.8 Å². The fourth-order valence-electron chi connectivity index (χ4n) is 4.38. The van der Waals surface area contributed by atoms with Gasteiger partial charge < -0.3 is 0 Å². The van der Waals surface area contributed by atoms with Crippen LogP contribution < -0.4 is 0 Å². The van der Waals surface area contributed by atoms with E-state index in [1.165, 1.54) is 22.3 Å². The van der Waals surface area contributed by atoms with Crippen LogP contribution in [0.15, 0.2) is 64.6 Å². The molecule has 3 nitrogen and oxygen atoms in total. The Bertz CT molecular complexity index is 978. The number of hydrogen-bond acceptors (Lipinski definition) is 3. The van der Waals surface area contributed by atoms with Crippen molar-refractivity contribution in [2.24, 2.45) is 9.98 Å². The number of aromatic nitrogens is 1. The van der Waals surface area contributed by atoms with Crippen molar-refractivity contribution in [3.05, 3.63) is 88.2 Å². The molecule has 3 heteroatoms. The summed E-state index contributed by atoms with van der Waals surface area (Å²) in [4.78, 5) is 14.6. The average molecular weight is 454 g/mol. The maximum absolute atomic E-state index is 4.92. The molecule has 0 radical (unpaired) electrons. The summed E-state index contributed by atoms with van der Waals surface area (Å²) in [5.74, 6) is 0. The van der Waals surface area contributed by atoms with Crippen molar-refractivity contribution in [1.82, 2.24) is 4.98 Å². The van der Waals surface area contributed by atoms with Gasteiger partial charge in [0.1, 0.15) is 0 Å². The van der Waals surface area contributed by atoms with Gasteiger partial charge in [-0.2, -0.15) is 0 Å². The maximum atomic E-state index is 4.92. The summed E-state index contributed by atoms with van der Waals surface area (Å²) in [6, 6.07) is 19.2. The zero-order valence-corrected chi connectivity index (χ0v) is 21.3. The smallest absolute Gasteiger partial charge is 0.0820 e. The number of rotatable bonds is 12. The lowest BCUT2D eigenvalue weighted by molar-refractivity contribution is 0.895. The standard InChI is InChI=1S/C31H39N3/c1-5-12-24-16-9-17-25(13-6-2)30(24)32-22-28-20-11-21-29(34-28)23-33-31-26(14-7-3)18-10-19-27(31)15-8-4/h9-11,16-23H,5-8,12-15H2,1-4H3. The largest absolute Gasteiger partial charge is 0.254 e. The van der Waals surface area contributed by atoms with Crippen LogP contribution in [0.4, 0.5) is 11.4 Å². The molecule has 0 saturated carbocycles. The number of hydrogen-bond donors (Lipinski definition) is 0. The highest BCUT2D eigenvalue weighted by Gasteiger charge is 2.08. The summed E-state index contributed by atoms with van der Waals surface area (Å²) in [6.45, 7) is 8.87. The molecule has 34 heavy (non-hydrogen) atoms. The molecule has 0 amide bonds. The van der Waals surface area contributed by atoms with E-state index >= 15 is 0 Å². The average Bonchev–Trinajstić information content (AvgIpc) is 2.84. The summed E-state index contributed by atoms with van der Waals surface area (Å²) >= 11 is 0. The van der Waals surface area contributed by atoms with Crippen molar-refractivity contribution in [2.75, 3.05) is 0 Å². The number of aliphatic imine (C=N–C) groups is 2. The van der Waals surface area contributed by atoms with Crippen LogP contribution in [-0.4, -0.2) is 17.4 Å². The lowest BCUT2D eigenvalue weighted by Gasteiger charge is -2.10. The van der Waals surface area contributed by atoms with Crippen LogP contribution in [0.2, 0.25) is 0 Å². The van der Waals surface area contributed by atoms with Crippen LogP contribution in [0.1, 0.15) is 87.0 Å². The summed E-state index contributed by atoms with van der Waals surface area (Å²) < 4.78 is 0. The van der Waals surface area contributed by atoms with Crippen LogP contribution in [0, 0.1) is 0 Å². The molecule has 1 aromatic heterocycles. The van der Waals surface area contributed by atoms with E-state index in [4.69, 9.17) is 15.0 Å². The van der Waals surface area contributed by atoms with Gasteiger partial charge in [0.15, 0.2) is 0 Å². The second kappa shape index (κ2) is 13.6. The summed E-state index contributed by atoms with van der Waals surface area (Å²) in [7, 11) is 0. The highest BCUT2D eigenvalue weighted by Crippen LogP contribution is 2.28. The first-order chi connectivity index (χ1) is 16.7. The lowest BCUT2D eigenvalue weighted by atomic mass is 10.0. The van der Waals surface area contributed by atoms with Gasteiger partial charge in [0.05, 0.1) is 35.2 Å². The molecule has 0 N–H and O–H groups in total. The molecular weight excluding hydrogens is 414 g/mol. The molecule has 2 aromatic carbocycles. The molecule has 0 unspecified atom stereocenters. The third-order valence-electron chi connectivity index (χ3n) is 5.93. The highest BCUT2D eigenvalue weighted by atomic mass is 14.8. The maximum Gasteiger partial charge on any atom is 0.0820 e. The Morgan fingerprint density at radius 2 is 0.853 bits per heavy atom. The molecule has 178 valence electrons. The summed E-state index contributed by atoms with van der Waals surface area (Å²) in [5.41, 5.74) is 9.21. The van der Waals surface area contributed by atoms with E-state index in [-0.39, 0.29) is 0 Å².